The molecule has 0 aliphatic heterocycles. The van der Waals surface area contributed by atoms with Crippen molar-refractivity contribution in [2.75, 3.05) is 0 Å². The summed E-state index contributed by atoms with van der Waals surface area (Å²) >= 11 is 2.70. The Labute approximate surface area is 129 Å². The van der Waals surface area contributed by atoms with E-state index in [2.05, 4.69) is 4.98 Å². The smallest absolute Gasteiger partial charge is 0.308 e. The van der Waals surface area contributed by atoms with Gasteiger partial charge in [-0.2, -0.15) is 0 Å². The lowest BCUT2D eigenvalue weighted by atomic mass is 10.2. The number of rotatable bonds is 6. The van der Waals surface area contributed by atoms with E-state index >= 15 is 0 Å². The van der Waals surface area contributed by atoms with Crippen LogP contribution in [-0.4, -0.2) is 21.0 Å². The fourth-order valence-electron chi connectivity index (χ4n) is 1.71. The second-order valence-corrected chi connectivity index (χ2v) is 6.54. The van der Waals surface area contributed by atoms with Gasteiger partial charge in [0.25, 0.3) is 5.69 Å². The van der Waals surface area contributed by atoms with E-state index in [1.54, 1.807) is 25.1 Å². The number of nitro groups is 1. The molecular weight excluding hydrogens is 312 g/mol. The maximum absolute atomic E-state index is 10.9. The van der Waals surface area contributed by atoms with Crippen LogP contribution in [0, 0.1) is 17.0 Å². The molecular formula is C13H12N2O4S2. The second-order valence-electron chi connectivity index (χ2n) is 4.23. The number of aryl methyl sites for hydroxylation is 1. The average Bonchev–Trinajstić information content (AvgIpc) is 2.76. The number of thioether (sulfide) groups is 1. The summed E-state index contributed by atoms with van der Waals surface area (Å²) in [5.41, 5.74) is 1.41. The molecule has 0 aliphatic rings. The summed E-state index contributed by atoms with van der Waals surface area (Å²) in [6.07, 6.45) is -0.0461. The van der Waals surface area contributed by atoms with Crippen molar-refractivity contribution in [2.45, 2.75) is 23.4 Å². The summed E-state index contributed by atoms with van der Waals surface area (Å²) in [7, 11) is 0. The van der Waals surface area contributed by atoms with Crippen LogP contribution in [0.3, 0.4) is 0 Å². The molecule has 0 radical (unpaired) electrons. The van der Waals surface area contributed by atoms with Gasteiger partial charge in [0.2, 0.25) is 0 Å². The first kappa shape index (κ1) is 15.5. The van der Waals surface area contributed by atoms with E-state index in [4.69, 9.17) is 5.11 Å². The van der Waals surface area contributed by atoms with Crippen molar-refractivity contribution < 1.29 is 14.8 Å². The number of aliphatic carboxylic acids is 1. The highest BCUT2D eigenvalue weighted by Crippen LogP contribution is 2.32. The molecule has 0 unspecified atom stereocenters. The number of nitrogens with zero attached hydrogens (tertiary/aromatic N) is 2. The molecule has 0 spiro atoms. The van der Waals surface area contributed by atoms with E-state index in [9.17, 15) is 14.9 Å². The summed E-state index contributed by atoms with van der Waals surface area (Å²) in [5, 5.41) is 19.7. The van der Waals surface area contributed by atoms with Crippen LogP contribution in [0.4, 0.5) is 5.69 Å². The number of hydrogen-bond acceptors (Lipinski definition) is 6. The number of benzene rings is 1. The van der Waals surface area contributed by atoms with E-state index < -0.39 is 10.9 Å². The molecule has 0 amide bonds. The Balaban J connectivity index is 2.10. The van der Waals surface area contributed by atoms with Crippen LogP contribution < -0.4 is 0 Å². The molecule has 0 bridgehead atoms. The van der Waals surface area contributed by atoms with Gasteiger partial charge in [-0.3, -0.25) is 14.9 Å². The van der Waals surface area contributed by atoms with Gasteiger partial charge in [0.1, 0.15) is 0 Å². The van der Waals surface area contributed by atoms with Gasteiger partial charge >= 0.3 is 5.97 Å². The molecule has 0 saturated carbocycles. The highest BCUT2D eigenvalue weighted by atomic mass is 32.2. The van der Waals surface area contributed by atoms with Crippen molar-refractivity contribution in [3.63, 3.8) is 0 Å². The predicted molar refractivity (Wildman–Crippen MR) is 80.8 cm³/mol. The van der Waals surface area contributed by atoms with Gasteiger partial charge in [-0.1, -0.05) is 30.0 Å². The highest BCUT2D eigenvalue weighted by molar-refractivity contribution is 8.00. The summed E-state index contributed by atoms with van der Waals surface area (Å²) in [5.74, 6) is -0.464. The molecule has 2 rings (SSSR count). The molecule has 0 fully saturated rings. The first-order chi connectivity index (χ1) is 9.97. The van der Waals surface area contributed by atoms with Gasteiger partial charge in [-0.15, -0.1) is 11.3 Å². The normalized spacial score (nSPS) is 10.5. The number of carboxylic acids is 1. The lowest BCUT2D eigenvalue weighted by Crippen LogP contribution is -1.99. The summed E-state index contributed by atoms with van der Waals surface area (Å²) < 4.78 is 0.724. The summed E-state index contributed by atoms with van der Waals surface area (Å²) in [6.45, 7) is 1.77. The molecule has 0 atom stereocenters. The number of thiazole rings is 1. The molecule has 21 heavy (non-hydrogen) atoms. The van der Waals surface area contributed by atoms with Crippen LogP contribution in [0.1, 0.15) is 16.1 Å². The first-order valence-electron chi connectivity index (χ1n) is 6.00. The number of para-hydroxylation sites is 1. The minimum Gasteiger partial charge on any atom is -0.481 e. The van der Waals surface area contributed by atoms with Crippen molar-refractivity contribution >= 4 is 34.8 Å². The Morgan fingerprint density at radius 3 is 2.86 bits per heavy atom. The van der Waals surface area contributed by atoms with Crippen molar-refractivity contribution in [3.8, 4) is 0 Å². The summed E-state index contributed by atoms with van der Waals surface area (Å²) in [6, 6.07) is 6.57. The van der Waals surface area contributed by atoms with Crippen molar-refractivity contribution in [3.05, 3.63) is 50.5 Å². The predicted octanol–water partition coefficient (Wildman–Crippen LogP) is 3.28. The number of aromatic nitrogens is 1. The standard InChI is InChI=1S/C13H12N2O4S2/c1-8-11(6-12(16)17)21-13(14-8)20-7-9-4-2-3-5-10(9)15(18)19/h2-5H,6-7H2,1H3,(H,16,17). The maximum Gasteiger partial charge on any atom is 0.308 e. The van der Waals surface area contributed by atoms with Crippen molar-refractivity contribution in [1.82, 2.24) is 4.98 Å². The van der Waals surface area contributed by atoms with Gasteiger partial charge in [0, 0.05) is 22.3 Å². The molecule has 0 aliphatic carbocycles. The van der Waals surface area contributed by atoms with Gasteiger partial charge in [-0.25, -0.2) is 4.98 Å². The minimum absolute atomic E-state index is 0.0461. The topological polar surface area (TPSA) is 93.3 Å². The fourth-order valence-corrected chi connectivity index (χ4v) is 3.94. The third-order valence-electron chi connectivity index (χ3n) is 2.72. The fraction of sp³-hybridized carbons (Fsp3) is 0.231. The molecule has 1 aromatic carbocycles. The third kappa shape index (κ3) is 4.02. The van der Waals surface area contributed by atoms with Gasteiger partial charge in [0.05, 0.1) is 17.0 Å². The minimum atomic E-state index is -0.892. The van der Waals surface area contributed by atoms with E-state index in [-0.39, 0.29) is 12.1 Å². The van der Waals surface area contributed by atoms with Gasteiger partial charge in [-0.05, 0) is 6.92 Å². The maximum atomic E-state index is 10.9. The molecule has 1 aromatic heterocycles. The number of carbonyl (C=O) groups is 1. The van der Waals surface area contributed by atoms with E-state index in [0.29, 0.717) is 21.9 Å². The van der Waals surface area contributed by atoms with Gasteiger partial charge in [0.15, 0.2) is 4.34 Å². The Bertz CT molecular complexity index is 685. The van der Waals surface area contributed by atoms with Crippen molar-refractivity contribution in [2.24, 2.45) is 0 Å². The number of carboxylic acid groups (broad SMARTS) is 1. The lowest BCUT2D eigenvalue weighted by molar-refractivity contribution is -0.385. The quantitative estimate of drug-likeness (QED) is 0.498. The Kier molecular flexibility index (Phi) is 4.92. The van der Waals surface area contributed by atoms with Crippen LogP contribution in [-0.2, 0) is 17.0 Å². The largest absolute Gasteiger partial charge is 0.481 e. The first-order valence-corrected chi connectivity index (χ1v) is 7.80. The molecule has 2 aromatic rings. The van der Waals surface area contributed by atoms with Crippen LogP contribution in [0.2, 0.25) is 0 Å². The van der Waals surface area contributed by atoms with E-state index in [0.717, 1.165) is 4.34 Å². The molecule has 0 saturated heterocycles. The average molecular weight is 324 g/mol. The Hall–Kier alpha value is -1.93. The Morgan fingerprint density at radius 2 is 2.19 bits per heavy atom. The van der Waals surface area contributed by atoms with Crippen molar-refractivity contribution in [1.29, 1.82) is 0 Å². The van der Waals surface area contributed by atoms with Crippen LogP contribution in [0.5, 0.6) is 0 Å². The van der Waals surface area contributed by atoms with Crippen LogP contribution in [0.15, 0.2) is 28.6 Å². The lowest BCUT2D eigenvalue weighted by Gasteiger charge is -2.00. The van der Waals surface area contributed by atoms with E-state index in [1.807, 2.05) is 0 Å². The van der Waals surface area contributed by atoms with Crippen LogP contribution in [0.25, 0.3) is 0 Å². The monoisotopic (exact) mass is 324 g/mol. The zero-order valence-electron chi connectivity index (χ0n) is 11.1. The molecule has 8 heteroatoms. The number of nitro benzene ring substituents is 1. The SMILES string of the molecule is Cc1nc(SCc2ccccc2[N+](=O)[O-])sc1CC(=O)O. The molecule has 1 N–H and O–H groups in total. The second kappa shape index (κ2) is 6.68. The Morgan fingerprint density at radius 1 is 1.48 bits per heavy atom. The third-order valence-corrected chi connectivity index (χ3v) is 5.07. The highest BCUT2D eigenvalue weighted by Gasteiger charge is 2.15. The zero-order valence-corrected chi connectivity index (χ0v) is 12.7. The van der Waals surface area contributed by atoms with Gasteiger partial charge < -0.3 is 5.11 Å². The van der Waals surface area contributed by atoms with Crippen LogP contribution >= 0.6 is 23.1 Å². The molecule has 1 heterocycles. The zero-order chi connectivity index (χ0) is 15.4. The number of hydrogen-bond donors (Lipinski definition) is 1. The molecule has 110 valence electrons. The molecule has 6 nitrogen and oxygen atoms in total. The van der Waals surface area contributed by atoms with E-state index in [1.165, 1.54) is 29.2 Å². The summed E-state index contributed by atoms with van der Waals surface area (Å²) in [4.78, 5) is 26.3.